The van der Waals surface area contributed by atoms with E-state index in [4.69, 9.17) is 4.74 Å². The van der Waals surface area contributed by atoms with Crippen molar-refractivity contribution in [3.8, 4) is 28.3 Å². The van der Waals surface area contributed by atoms with Crippen molar-refractivity contribution < 1.29 is 4.74 Å². The molecule has 1 N–H and O–H groups in total. The molecule has 4 heteroatoms. The van der Waals surface area contributed by atoms with E-state index in [0.29, 0.717) is 0 Å². The maximum Gasteiger partial charge on any atom is 0.119 e. The predicted molar refractivity (Wildman–Crippen MR) is 109 cm³/mol. The second-order valence-corrected chi connectivity index (χ2v) is 6.41. The highest BCUT2D eigenvalue weighted by molar-refractivity contribution is 6.11. The van der Waals surface area contributed by atoms with Crippen LogP contribution in [0, 0.1) is 0 Å². The Balaban J connectivity index is 1.64. The molecule has 130 valence electrons. The Morgan fingerprint density at radius 1 is 0.778 bits per heavy atom. The molecule has 0 atom stereocenters. The summed E-state index contributed by atoms with van der Waals surface area (Å²) < 4.78 is 5.38. The van der Waals surface area contributed by atoms with Crippen LogP contribution in [0.15, 0.2) is 79.1 Å². The molecule has 2 aromatic carbocycles. The van der Waals surface area contributed by atoms with Gasteiger partial charge in [0.25, 0.3) is 0 Å². The van der Waals surface area contributed by atoms with Gasteiger partial charge in [0.15, 0.2) is 0 Å². The van der Waals surface area contributed by atoms with E-state index in [0.717, 1.165) is 50.1 Å². The number of methoxy groups -OCH3 is 1. The number of hydrogen-bond donors (Lipinski definition) is 1. The third-order valence-corrected chi connectivity index (χ3v) is 4.85. The van der Waals surface area contributed by atoms with E-state index in [2.05, 4.69) is 45.3 Å². The largest absolute Gasteiger partial charge is 0.497 e. The smallest absolute Gasteiger partial charge is 0.119 e. The number of nitrogens with zero attached hydrogens (tertiary/aromatic N) is 2. The zero-order chi connectivity index (χ0) is 18.2. The van der Waals surface area contributed by atoms with Gasteiger partial charge in [0.1, 0.15) is 5.75 Å². The second-order valence-electron chi connectivity index (χ2n) is 6.41. The van der Waals surface area contributed by atoms with Crippen molar-refractivity contribution >= 4 is 21.8 Å². The standard InChI is InChI=1S/C23H17N3O/c1-27-17-9-10-21-19(14-17)18-11-13-25-22(23(18)26-21)16-7-5-15(6-8-16)20-4-2-3-12-24-20/h2-14,26H,1H3. The monoisotopic (exact) mass is 351 g/mol. The molecule has 3 heterocycles. The van der Waals surface area contributed by atoms with Gasteiger partial charge in [-0.15, -0.1) is 0 Å². The van der Waals surface area contributed by atoms with E-state index in [1.165, 1.54) is 0 Å². The van der Waals surface area contributed by atoms with Gasteiger partial charge in [0.05, 0.1) is 24.0 Å². The van der Waals surface area contributed by atoms with Crippen LogP contribution >= 0.6 is 0 Å². The molecule has 3 aromatic heterocycles. The molecule has 5 aromatic rings. The van der Waals surface area contributed by atoms with Crippen molar-refractivity contribution in [3.63, 3.8) is 0 Å². The van der Waals surface area contributed by atoms with Gasteiger partial charge >= 0.3 is 0 Å². The van der Waals surface area contributed by atoms with Crippen LogP contribution in [0.3, 0.4) is 0 Å². The first-order valence-corrected chi connectivity index (χ1v) is 8.80. The number of rotatable bonds is 3. The summed E-state index contributed by atoms with van der Waals surface area (Å²) in [4.78, 5) is 12.6. The Morgan fingerprint density at radius 3 is 2.41 bits per heavy atom. The van der Waals surface area contributed by atoms with Crippen molar-refractivity contribution in [2.75, 3.05) is 7.11 Å². The minimum absolute atomic E-state index is 0.849. The summed E-state index contributed by atoms with van der Waals surface area (Å²) >= 11 is 0. The topological polar surface area (TPSA) is 50.8 Å². The van der Waals surface area contributed by atoms with Gasteiger partial charge < -0.3 is 9.72 Å². The van der Waals surface area contributed by atoms with Crippen LogP contribution in [-0.2, 0) is 0 Å². The van der Waals surface area contributed by atoms with E-state index in [1.54, 1.807) is 7.11 Å². The minimum atomic E-state index is 0.849. The van der Waals surface area contributed by atoms with Crippen LogP contribution in [0.5, 0.6) is 5.75 Å². The highest BCUT2D eigenvalue weighted by atomic mass is 16.5. The minimum Gasteiger partial charge on any atom is -0.497 e. The van der Waals surface area contributed by atoms with Crippen molar-refractivity contribution in [1.29, 1.82) is 0 Å². The highest BCUT2D eigenvalue weighted by Gasteiger charge is 2.12. The summed E-state index contributed by atoms with van der Waals surface area (Å²) in [5.74, 6) is 0.849. The molecular formula is C23H17N3O. The lowest BCUT2D eigenvalue weighted by atomic mass is 10.0. The van der Waals surface area contributed by atoms with Gasteiger partial charge in [-0.1, -0.05) is 30.3 Å². The number of ether oxygens (including phenoxy) is 1. The van der Waals surface area contributed by atoms with E-state index < -0.39 is 0 Å². The molecule has 0 aliphatic rings. The average molecular weight is 351 g/mol. The Labute approximate surface area is 156 Å². The zero-order valence-corrected chi connectivity index (χ0v) is 14.8. The fourth-order valence-corrected chi connectivity index (χ4v) is 3.48. The lowest BCUT2D eigenvalue weighted by molar-refractivity contribution is 0.415. The van der Waals surface area contributed by atoms with Gasteiger partial charge in [-0.3, -0.25) is 9.97 Å². The van der Waals surface area contributed by atoms with Crippen molar-refractivity contribution in [2.45, 2.75) is 0 Å². The molecule has 0 saturated heterocycles. The number of fused-ring (bicyclic) bond motifs is 3. The van der Waals surface area contributed by atoms with Crippen molar-refractivity contribution in [3.05, 3.63) is 79.1 Å². The average Bonchev–Trinajstić information content (AvgIpc) is 3.12. The summed E-state index contributed by atoms with van der Waals surface area (Å²) in [7, 11) is 1.69. The molecule has 0 bridgehead atoms. The molecule has 4 nitrogen and oxygen atoms in total. The third-order valence-electron chi connectivity index (χ3n) is 4.85. The van der Waals surface area contributed by atoms with Crippen molar-refractivity contribution in [2.24, 2.45) is 0 Å². The first-order valence-electron chi connectivity index (χ1n) is 8.80. The molecule has 0 spiro atoms. The normalized spacial score (nSPS) is 11.1. The maximum absolute atomic E-state index is 5.38. The highest BCUT2D eigenvalue weighted by Crippen LogP contribution is 2.33. The molecule has 27 heavy (non-hydrogen) atoms. The molecule has 0 amide bonds. The summed E-state index contributed by atoms with van der Waals surface area (Å²) in [5.41, 5.74) is 6.17. The molecule has 0 fully saturated rings. The number of benzene rings is 2. The van der Waals surface area contributed by atoms with E-state index >= 15 is 0 Å². The molecule has 0 radical (unpaired) electrons. The van der Waals surface area contributed by atoms with Crippen LogP contribution in [0.25, 0.3) is 44.3 Å². The quantitative estimate of drug-likeness (QED) is 0.470. The molecule has 0 saturated carbocycles. The molecule has 0 aliphatic heterocycles. The fourth-order valence-electron chi connectivity index (χ4n) is 3.48. The lowest BCUT2D eigenvalue weighted by Crippen LogP contribution is -1.86. The van der Waals surface area contributed by atoms with Gasteiger partial charge in [-0.05, 0) is 36.4 Å². The summed E-state index contributed by atoms with van der Waals surface area (Å²) in [6, 6.07) is 22.4. The van der Waals surface area contributed by atoms with Gasteiger partial charge in [0, 0.05) is 39.8 Å². The van der Waals surface area contributed by atoms with Crippen molar-refractivity contribution in [1.82, 2.24) is 15.0 Å². The van der Waals surface area contributed by atoms with E-state index in [9.17, 15) is 0 Å². The number of aromatic amines is 1. The summed E-state index contributed by atoms with van der Waals surface area (Å²) in [6.45, 7) is 0. The summed E-state index contributed by atoms with van der Waals surface area (Å²) in [6.07, 6.45) is 3.67. The Bertz CT molecular complexity index is 1240. The number of pyridine rings is 2. The molecule has 5 rings (SSSR count). The van der Waals surface area contributed by atoms with Crippen LogP contribution in [0.2, 0.25) is 0 Å². The molecule has 0 unspecified atom stereocenters. The van der Waals surface area contributed by atoms with Gasteiger partial charge in [-0.2, -0.15) is 0 Å². The Morgan fingerprint density at radius 2 is 1.63 bits per heavy atom. The fraction of sp³-hybridized carbons (Fsp3) is 0.0435. The van der Waals surface area contributed by atoms with Crippen LogP contribution in [0.1, 0.15) is 0 Å². The van der Waals surface area contributed by atoms with Gasteiger partial charge in [-0.25, -0.2) is 0 Å². The second kappa shape index (κ2) is 6.25. The predicted octanol–water partition coefficient (Wildman–Crippen LogP) is 5.45. The van der Waals surface area contributed by atoms with Crippen LogP contribution < -0.4 is 4.74 Å². The Hall–Kier alpha value is -3.66. The van der Waals surface area contributed by atoms with E-state index in [-0.39, 0.29) is 0 Å². The molecular weight excluding hydrogens is 334 g/mol. The molecule has 0 aliphatic carbocycles. The van der Waals surface area contributed by atoms with Gasteiger partial charge in [0.2, 0.25) is 0 Å². The first-order chi connectivity index (χ1) is 13.3. The number of nitrogens with one attached hydrogen (secondary N) is 1. The van der Waals surface area contributed by atoms with Crippen LogP contribution in [-0.4, -0.2) is 22.1 Å². The zero-order valence-electron chi connectivity index (χ0n) is 14.8. The maximum atomic E-state index is 5.38. The number of aromatic nitrogens is 3. The first kappa shape index (κ1) is 15.6. The number of hydrogen-bond acceptors (Lipinski definition) is 3. The van der Waals surface area contributed by atoms with E-state index in [1.807, 2.05) is 48.8 Å². The third kappa shape index (κ3) is 2.62. The number of H-pyrrole nitrogens is 1. The summed E-state index contributed by atoms with van der Waals surface area (Å²) in [5, 5.41) is 2.28. The SMILES string of the molecule is COc1ccc2[nH]c3c(-c4ccc(-c5ccccn5)cc4)nccc3c2c1. The Kier molecular flexibility index (Phi) is 3.61. The lowest BCUT2D eigenvalue weighted by Gasteiger charge is -2.05. The van der Waals surface area contributed by atoms with Crippen LogP contribution in [0.4, 0.5) is 0 Å².